The number of imidazole rings is 2. The molecule has 1 amide bonds. The number of nitrogens with one attached hydrogen (secondary N) is 3. The van der Waals surface area contributed by atoms with Crippen LogP contribution < -0.4 is 15.7 Å². The van der Waals surface area contributed by atoms with Crippen LogP contribution in [0.25, 0.3) is 33.6 Å². The second kappa shape index (κ2) is 7.41. The predicted octanol–water partition coefficient (Wildman–Crippen LogP) is 2.29. The molecular formula is C21H17N7O3. The van der Waals surface area contributed by atoms with Gasteiger partial charge in [0.05, 0.1) is 31.0 Å². The fourth-order valence-electron chi connectivity index (χ4n) is 3.61. The van der Waals surface area contributed by atoms with Crippen molar-refractivity contribution in [2.75, 3.05) is 12.4 Å². The quantitative estimate of drug-likeness (QED) is 0.365. The van der Waals surface area contributed by atoms with Gasteiger partial charge in [-0.1, -0.05) is 24.3 Å². The van der Waals surface area contributed by atoms with Crippen molar-refractivity contribution in [2.45, 2.75) is 6.54 Å². The second-order valence-corrected chi connectivity index (χ2v) is 6.79. The molecule has 0 spiro atoms. The first-order chi connectivity index (χ1) is 15.2. The van der Waals surface area contributed by atoms with E-state index in [-0.39, 0.29) is 18.1 Å². The highest BCUT2D eigenvalue weighted by atomic mass is 16.5. The van der Waals surface area contributed by atoms with Crippen LogP contribution in [0.1, 0.15) is 5.56 Å². The van der Waals surface area contributed by atoms with E-state index in [0.717, 1.165) is 11.1 Å². The maximum absolute atomic E-state index is 12.8. The third-order valence-corrected chi connectivity index (χ3v) is 5.03. The number of rotatable bonds is 6. The summed E-state index contributed by atoms with van der Waals surface area (Å²) in [6.45, 7) is 0.229. The molecule has 5 aromatic rings. The number of carbonyl (C=O) groups excluding carboxylic acids is 1. The van der Waals surface area contributed by atoms with Crippen LogP contribution in [0.5, 0.6) is 5.75 Å². The van der Waals surface area contributed by atoms with Crippen molar-refractivity contribution in [3.05, 3.63) is 64.8 Å². The summed E-state index contributed by atoms with van der Waals surface area (Å²) in [6, 6.07) is 13.0. The summed E-state index contributed by atoms with van der Waals surface area (Å²) in [4.78, 5) is 43.3. The van der Waals surface area contributed by atoms with Crippen LogP contribution in [0, 0.1) is 0 Å². The highest BCUT2D eigenvalue weighted by Gasteiger charge is 2.19. The highest BCUT2D eigenvalue weighted by Crippen LogP contribution is 2.28. The molecule has 154 valence electrons. The molecule has 3 heterocycles. The molecule has 10 nitrogen and oxygen atoms in total. The number of aromatic nitrogens is 6. The summed E-state index contributed by atoms with van der Waals surface area (Å²) >= 11 is 0. The molecule has 0 aliphatic rings. The first kappa shape index (κ1) is 18.6. The Morgan fingerprint density at radius 2 is 2.03 bits per heavy atom. The molecule has 0 bridgehead atoms. The van der Waals surface area contributed by atoms with Crippen molar-refractivity contribution >= 4 is 34.4 Å². The molecule has 5 rings (SSSR count). The van der Waals surface area contributed by atoms with Crippen molar-refractivity contribution < 1.29 is 9.53 Å². The van der Waals surface area contributed by atoms with Gasteiger partial charge in [-0.25, -0.2) is 19.7 Å². The van der Waals surface area contributed by atoms with Crippen LogP contribution in [0.3, 0.4) is 0 Å². The number of benzene rings is 2. The number of hydrogen-bond donors (Lipinski definition) is 3. The molecule has 0 radical (unpaired) electrons. The Morgan fingerprint density at radius 1 is 1.16 bits per heavy atom. The van der Waals surface area contributed by atoms with E-state index in [4.69, 9.17) is 4.74 Å². The molecule has 0 unspecified atom stereocenters. The van der Waals surface area contributed by atoms with Gasteiger partial charge in [-0.3, -0.25) is 9.36 Å². The number of nitrogens with zero attached hydrogens (tertiary/aromatic N) is 4. The largest absolute Gasteiger partial charge is 0.496 e. The lowest BCUT2D eigenvalue weighted by molar-refractivity contribution is -0.105. The van der Waals surface area contributed by atoms with E-state index in [1.165, 1.54) is 4.57 Å². The van der Waals surface area contributed by atoms with Crippen molar-refractivity contribution in [1.29, 1.82) is 0 Å². The van der Waals surface area contributed by atoms with Gasteiger partial charge in [-0.15, -0.1) is 0 Å². The molecular weight excluding hydrogens is 398 g/mol. The van der Waals surface area contributed by atoms with E-state index in [1.54, 1.807) is 13.4 Å². The fourth-order valence-corrected chi connectivity index (χ4v) is 3.61. The van der Waals surface area contributed by atoms with Crippen molar-refractivity contribution in [3.63, 3.8) is 0 Å². The molecule has 0 fully saturated rings. The molecule has 0 saturated carbocycles. The molecule has 0 aliphatic carbocycles. The summed E-state index contributed by atoms with van der Waals surface area (Å²) in [5.41, 5.74) is 3.32. The minimum absolute atomic E-state index is 0.207. The van der Waals surface area contributed by atoms with E-state index in [9.17, 15) is 9.59 Å². The van der Waals surface area contributed by atoms with Crippen LogP contribution in [0.4, 0.5) is 5.82 Å². The van der Waals surface area contributed by atoms with Crippen LogP contribution in [-0.4, -0.2) is 43.0 Å². The maximum Gasteiger partial charge on any atom is 0.328 e. The van der Waals surface area contributed by atoms with E-state index in [2.05, 4.69) is 30.2 Å². The Kier molecular flexibility index (Phi) is 4.43. The topological polar surface area (TPSA) is 131 Å². The van der Waals surface area contributed by atoms with Gasteiger partial charge in [0.25, 0.3) is 0 Å². The van der Waals surface area contributed by atoms with Gasteiger partial charge >= 0.3 is 5.69 Å². The van der Waals surface area contributed by atoms with Gasteiger partial charge in [-0.2, -0.15) is 0 Å². The standard InChI is InChI=1S/C21H17N7O3/c1-31-15-8-3-2-5-12(15)9-28-20-17(25-21(28)30)19(24-11-29)26-18(27-20)13-6-4-7-14-16(13)23-10-22-14/h2-8,10-11H,9H2,1H3,(H,22,23)(H,25,30)(H,24,26,27,29). The monoisotopic (exact) mass is 415 g/mol. The van der Waals surface area contributed by atoms with E-state index >= 15 is 0 Å². The first-order valence-electron chi connectivity index (χ1n) is 9.44. The molecule has 2 aromatic carbocycles. The summed E-state index contributed by atoms with van der Waals surface area (Å²) in [5, 5.41) is 2.56. The summed E-state index contributed by atoms with van der Waals surface area (Å²) in [6.07, 6.45) is 2.10. The smallest absolute Gasteiger partial charge is 0.328 e. The number of anilines is 1. The molecule has 3 aromatic heterocycles. The van der Waals surface area contributed by atoms with Gasteiger partial charge < -0.3 is 20.0 Å². The molecule has 10 heteroatoms. The summed E-state index contributed by atoms with van der Waals surface area (Å²) in [7, 11) is 1.58. The Labute approximate surface area is 174 Å². The maximum atomic E-state index is 12.8. The lowest BCUT2D eigenvalue weighted by Gasteiger charge is -2.10. The lowest BCUT2D eigenvalue weighted by atomic mass is 10.1. The van der Waals surface area contributed by atoms with Gasteiger partial charge in [-0.05, 0) is 18.2 Å². The minimum atomic E-state index is -0.376. The van der Waals surface area contributed by atoms with Gasteiger partial charge in [0, 0.05) is 11.1 Å². The van der Waals surface area contributed by atoms with E-state index < -0.39 is 0 Å². The fraction of sp³-hybridized carbons (Fsp3) is 0.0952. The number of carbonyl (C=O) groups is 1. The summed E-state index contributed by atoms with van der Waals surface area (Å²) < 4.78 is 6.90. The number of methoxy groups -OCH3 is 1. The third kappa shape index (κ3) is 3.10. The first-order valence-corrected chi connectivity index (χ1v) is 9.44. The second-order valence-electron chi connectivity index (χ2n) is 6.79. The zero-order chi connectivity index (χ0) is 21.4. The number of amides is 1. The number of H-pyrrole nitrogens is 2. The van der Waals surface area contributed by atoms with Crippen LogP contribution >= 0.6 is 0 Å². The lowest BCUT2D eigenvalue weighted by Crippen LogP contribution is -2.18. The van der Waals surface area contributed by atoms with Gasteiger partial charge in [0.1, 0.15) is 11.3 Å². The van der Waals surface area contributed by atoms with Crippen LogP contribution in [0.2, 0.25) is 0 Å². The molecule has 3 N–H and O–H groups in total. The average Bonchev–Trinajstić information content (AvgIpc) is 3.39. The number of para-hydroxylation sites is 2. The minimum Gasteiger partial charge on any atom is -0.496 e. The number of ether oxygens (including phenoxy) is 1. The normalized spacial score (nSPS) is 11.1. The molecule has 0 saturated heterocycles. The Balaban J connectivity index is 1.74. The SMILES string of the molecule is COc1ccccc1Cn1c(=O)[nH]c2c(NC=O)nc(-c3cccc4[nH]cnc34)nc21. The van der Waals surface area contributed by atoms with Crippen molar-refractivity contribution in [2.24, 2.45) is 0 Å². The average molecular weight is 415 g/mol. The Bertz CT molecular complexity index is 1480. The summed E-state index contributed by atoms with van der Waals surface area (Å²) in [5.74, 6) is 1.20. The zero-order valence-corrected chi connectivity index (χ0v) is 16.4. The van der Waals surface area contributed by atoms with Crippen molar-refractivity contribution in [1.82, 2.24) is 29.5 Å². The van der Waals surface area contributed by atoms with Gasteiger partial charge in [0.15, 0.2) is 17.3 Å². The number of aromatic amines is 2. The van der Waals surface area contributed by atoms with E-state index in [1.807, 2.05) is 42.5 Å². The van der Waals surface area contributed by atoms with Crippen LogP contribution in [0.15, 0.2) is 53.6 Å². The zero-order valence-electron chi connectivity index (χ0n) is 16.4. The molecule has 0 atom stereocenters. The predicted molar refractivity (Wildman–Crippen MR) is 115 cm³/mol. The van der Waals surface area contributed by atoms with Crippen LogP contribution in [-0.2, 0) is 11.3 Å². The van der Waals surface area contributed by atoms with Gasteiger partial charge in [0.2, 0.25) is 6.41 Å². The highest BCUT2D eigenvalue weighted by molar-refractivity contribution is 5.94. The number of hydrogen-bond acceptors (Lipinski definition) is 6. The van der Waals surface area contributed by atoms with E-state index in [0.29, 0.717) is 40.2 Å². The Morgan fingerprint density at radius 3 is 2.87 bits per heavy atom. The molecule has 31 heavy (non-hydrogen) atoms. The molecule has 0 aliphatic heterocycles. The van der Waals surface area contributed by atoms with Crippen molar-refractivity contribution in [3.8, 4) is 17.1 Å². The third-order valence-electron chi connectivity index (χ3n) is 5.03. The number of fused-ring (bicyclic) bond motifs is 2. The Hall–Kier alpha value is -4.47.